The molecule has 0 amide bonds. The Bertz CT molecular complexity index is 613. The van der Waals surface area contributed by atoms with E-state index in [1.165, 1.54) is 12.8 Å². The lowest BCUT2D eigenvalue weighted by Gasteiger charge is -2.13. The molecule has 2 heterocycles. The molecule has 0 radical (unpaired) electrons. The molecule has 0 spiro atoms. The predicted molar refractivity (Wildman–Crippen MR) is 78.3 cm³/mol. The standard InChI is InChI=1S/C14H17Cl2N3/c1-8(2)10-7-11-17-13(15)12(9-5-3-4-6-9)14(16)19(11)18-10/h7-9H,3-6H2,1-2H3. The SMILES string of the molecule is CC(C)c1cc2nc(Cl)c(C3CCCC3)c(Cl)n2n1. The molecule has 19 heavy (non-hydrogen) atoms. The van der Waals surface area contributed by atoms with Crippen LogP contribution in [0.3, 0.4) is 0 Å². The van der Waals surface area contributed by atoms with Crippen molar-refractivity contribution in [3.05, 3.63) is 27.6 Å². The second kappa shape index (κ2) is 4.95. The van der Waals surface area contributed by atoms with E-state index in [1.807, 2.05) is 6.07 Å². The lowest BCUT2D eigenvalue weighted by molar-refractivity contribution is 0.704. The van der Waals surface area contributed by atoms with Crippen LogP contribution in [0.25, 0.3) is 5.65 Å². The summed E-state index contributed by atoms with van der Waals surface area (Å²) in [4.78, 5) is 4.47. The number of hydrogen-bond donors (Lipinski definition) is 0. The van der Waals surface area contributed by atoms with Crippen molar-refractivity contribution in [2.75, 3.05) is 0 Å². The average molecular weight is 298 g/mol. The zero-order valence-corrected chi connectivity index (χ0v) is 12.7. The summed E-state index contributed by atoms with van der Waals surface area (Å²) in [5.41, 5.74) is 2.71. The van der Waals surface area contributed by atoms with E-state index >= 15 is 0 Å². The molecule has 102 valence electrons. The Morgan fingerprint density at radius 1 is 1.26 bits per heavy atom. The largest absolute Gasteiger partial charge is 0.216 e. The van der Waals surface area contributed by atoms with Crippen LogP contribution in [0.1, 0.15) is 62.6 Å². The molecular weight excluding hydrogens is 281 g/mol. The van der Waals surface area contributed by atoms with Gasteiger partial charge in [-0.05, 0) is 24.7 Å². The number of nitrogens with zero attached hydrogens (tertiary/aromatic N) is 3. The summed E-state index contributed by atoms with van der Waals surface area (Å²) in [5.74, 6) is 0.787. The van der Waals surface area contributed by atoms with Crippen molar-refractivity contribution in [1.82, 2.24) is 14.6 Å². The third-order valence-electron chi connectivity index (χ3n) is 3.91. The fraction of sp³-hybridized carbons (Fsp3) is 0.571. The van der Waals surface area contributed by atoms with Crippen LogP contribution in [0.5, 0.6) is 0 Å². The quantitative estimate of drug-likeness (QED) is 0.744. The van der Waals surface area contributed by atoms with E-state index in [1.54, 1.807) is 4.52 Å². The van der Waals surface area contributed by atoms with E-state index in [4.69, 9.17) is 23.2 Å². The van der Waals surface area contributed by atoms with Gasteiger partial charge in [-0.15, -0.1) is 0 Å². The van der Waals surface area contributed by atoms with E-state index in [-0.39, 0.29) is 0 Å². The maximum absolute atomic E-state index is 6.52. The van der Waals surface area contributed by atoms with E-state index in [9.17, 15) is 0 Å². The minimum atomic E-state index is 0.353. The molecule has 0 aliphatic heterocycles. The normalized spacial score (nSPS) is 16.9. The predicted octanol–water partition coefficient (Wildman–Crippen LogP) is 4.82. The molecule has 0 unspecified atom stereocenters. The lowest BCUT2D eigenvalue weighted by Crippen LogP contribution is -2.03. The Morgan fingerprint density at radius 3 is 2.58 bits per heavy atom. The molecule has 1 fully saturated rings. The van der Waals surface area contributed by atoms with Gasteiger partial charge in [-0.25, -0.2) is 9.50 Å². The second-order valence-electron chi connectivity index (χ2n) is 5.58. The van der Waals surface area contributed by atoms with Crippen molar-refractivity contribution in [2.24, 2.45) is 0 Å². The smallest absolute Gasteiger partial charge is 0.158 e. The highest BCUT2D eigenvalue weighted by Gasteiger charge is 2.25. The molecule has 0 aromatic carbocycles. The highest BCUT2D eigenvalue weighted by Crippen LogP contribution is 2.40. The Kier molecular flexibility index (Phi) is 3.44. The van der Waals surface area contributed by atoms with Crippen molar-refractivity contribution in [3.63, 3.8) is 0 Å². The van der Waals surface area contributed by atoms with Crippen LogP contribution in [-0.4, -0.2) is 14.6 Å². The molecule has 3 nitrogen and oxygen atoms in total. The third kappa shape index (κ3) is 2.23. The Labute approximate surface area is 122 Å². The summed E-state index contributed by atoms with van der Waals surface area (Å²) < 4.78 is 1.73. The van der Waals surface area contributed by atoms with Crippen molar-refractivity contribution in [3.8, 4) is 0 Å². The first-order valence-electron chi connectivity index (χ1n) is 6.82. The Morgan fingerprint density at radius 2 is 1.95 bits per heavy atom. The second-order valence-corrected chi connectivity index (χ2v) is 6.30. The summed E-state index contributed by atoms with van der Waals surface area (Å²) in [5, 5.41) is 5.72. The summed E-state index contributed by atoms with van der Waals surface area (Å²) >= 11 is 12.9. The average Bonchev–Trinajstić information content (AvgIpc) is 2.97. The molecule has 1 aliphatic carbocycles. The number of aromatic nitrogens is 3. The lowest BCUT2D eigenvalue weighted by atomic mass is 10.0. The van der Waals surface area contributed by atoms with Crippen molar-refractivity contribution in [2.45, 2.75) is 51.4 Å². The molecule has 1 saturated carbocycles. The van der Waals surface area contributed by atoms with Gasteiger partial charge in [-0.2, -0.15) is 5.10 Å². The fourth-order valence-corrected chi connectivity index (χ4v) is 3.55. The van der Waals surface area contributed by atoms with Gasteiger partial charge in [0.25, 0.3) is 0 Å². The molecule has 0 saturated heterocycles. The van der Waals surface area contributed by atoms with Crippen LogP contribution in [0, 0.1) is 0 Å². The topological polar surface area (TPSA) is 30.2 Å². The van der Waals surface area contributed by atoms with Crippen molar-refractivity contribution < 1.29 is 0 Å². The number of hydrogen-bond acceptors (Lipinski definition) is 2. The van der Waals surface area contributed by atoms with Gasteiger partial charge in [-0.3, -0.25) is 0 Å². The molecule has 0 bridgehead atoms. The zero-order chi connectivity index (χ0) is 13.6. The van der Waals surface area contributed by atoms with Gasteiger partial charge >= 0.3 is 0 Å². The van der Waals surface area contributed by atoms with Gasteiger partial charge in [0.15, 0.2) is 5.65 Å². The summed E-state index contributed by atoms with van der Waals surface area (Å²) in [6, 6.07) is 1.96. The van der Waals surface area contributed by atoms with E-state index in [0.29, 0.717) is 22.1 Å². The number of halogens is 2. The minimum absolute atomic E-state index is 0.353. The highest BCUT2D eigenvalue weighted by molar-refractivity contribution is 6.35. The van der Waals surface area contributed by atoms with Gasteiger partial charge < -0.3 is 0 Å². The number of fused-ring (bicyclic) bond motifs is 1. The third-order valence-corrected chi connectivity index (χ3v) is 4.56. The van der Waals surface area contributed by atoms with Gasteiger partial charge in [0.05, 0.1) is 5.69 Å². The first-order chi connectivity index (χ1) is 9.08. The number of rotatable bonds is 2. The summed E-state index contributed by atoms with van der Waals surface area (Å²) in [6.07, 6.45) is 4.77. The van der Waals surface area contributed by atoms with Crippen molar-refractivity contribution in [1.29, 1.82) is 0 Å². The van der Waals surface area contributed by atoms with Crippen LogP contribution in [-0.2, 0) is 0 Å². The van der Waals surface area contributed by atoms with Gasteiger partial charge in [0.1, 0.15) is 10.3 Å². The molecule has 2 aromatic rings. The van der Waals surface area contributed by atoms with E-state index in [2.05, 4.69) is 23.9 Å². The monoisotopic (exact) mass is 297 g/mol. The van der Waals surface area contributed by atoms with Gasteiger partial charge in [-0.1, -0.05) is 49.9 Å². The van der Waals surface area contributed by atoms with Crippen LogP contribution in [0.15, 0.2) is 6.07 Å². The molecule has 1 aliphatic rings. The first kappa shape index (κ1) is 13.2. The summed E-state index contributed by atoms with van der Waals surface area (Å²) in [6.45, 7) is 4.21. The van der Waals surface area contributed by atoms with E-state index in [0.717, 1.165) is 29.7 Å². The van der Waals surface area contributed by atoms with E-state index < -0.39 is 0 Å². The molecule has 3 rings (SSSR count). The first-order valence-corrected chi connectivity index (χ1v) is 7.58. The fourth-order valence-electron chi connectivity index (χ4n) is 2.81. The molecule has 2 aromatic heterocycles. The molecule has 0 atom stereocenters. The molecule has 5 heteroatoms. The summed E-state index contributed by atoms with van der Waals surface area (Å²) in [7, 11) is 0. The highest BCUT2D eigenvalue weighted by atomic mass is 35.5. The Balaban J connectivity index is 2.17. The maximum Gasteiger partial charge on any atom is 0.158 e. The van der Waals surface area contributed by atoms with Crippen LogP contribution in [0.4, 0.5) is 0 Å². The van der Waals surface area contributed by atoms with Crippen LogP contribution >= 0.6 is 23.2 Å². The van der Waals surface area contributed by atoms with Crippen LogP contribution < -0.4 is 0 Å². The van der Waals surface area contributed by atoms with Crippen LogP contribution in [0.2, 0.25) is 10.3 Å². The Hall–Kier alpha value is -0.800. The maximum atomic E-state index is 6.52. The van der Waals surface area contributed by atoms with Gasteiger partial charge in [0, 0.05) is 11.6 Å². The molecule has 0 N–H and O–H groups in total. The zero-order valence-electron chi connectivity index (χ0n) is 11.2. The molecular formula is C14H17Cl2N3. The minimum Gasteiger partial charge on any atom is -0.216 e. The van der Waals surface area contributed by atoms with Crippen molar-refractivity contribution >= 4 is 28.8 Å². The van der Waals surface area contributed by atoms with Gasteiger partial charge in [0.2, 0.25) is 0 Å².